The molecule has 0 aromatic heterocycles. The Morgan fingerprint density at radius 1 is 1.64 bits per heavy atom. The van der Waals surface area contributed by atoms with E-state index in [2.05, 4.69) is 18.8 Å². The lowest BCUT2D eigenvalue weighted by atomic mass is 9.98. The van der Waals surface area contributed by atoms with Crippen LogP contribution in [0.15, 0.2) is 24.8 Å². The zero-order chi connectivity index (χ0) is 10.4. The SMILES string of the molecule is C=CC[C@H]1C=CC(=O)[C@@H](CCCC)N1. The van der Waals surface area contributed by atoms with Gasteiger partial charge in [0.25, 0.3) is 0 Å². The quantitative estimate of drug-likeness (QED) is 0.678. The highest BCUT2D eigenvalue weighted by molar-refractivity contribution is 5.95. The van der Waals surface area contributed by atoms with E-state index in [9.17, 15) is 4.79 Å². The molecule has 1 N–H and O–H groups in total. The van der Waals surface area contributed by atoms with Gasteiger partial charge in [0.2, 0.25) is 0 Å². The minimum atomic E-state index is 0.0323. The van der Waals surface area contributed by atoms with Crippen LogP contribution in [0.1, 0.15) is 32.6 Å². The van der Waals surface area contributed by atoms with Crippen molar-refractivity contribution in [3.63, 3.8) is 0 Å². The van der Waals surface area contributed by atoms with Crippen molar-refractivity contribution in [1.29, 1.82) is 0 Å². The number of carbonyl (C=O) groups is 1. The summed E-state index contributed by atoms with van der Waals surface area (Å²) in [5.74, 6) is 0.221. The molecule has 0 bridgehead atoms. The largest absolute Gasteiger partial charge is 0.301 e. The number of unbranched alkanes of at least 4 members (excludes halogenated alkanes) is 1. The van der Waals surface area contributed by atoms with Gasteiger partial charge in [-0.15, -0.1) is 6.58 Å². The van der Waals surface area contributed by atoms with Crippen LogP contribution in [0.3, 0.4) is 0 Å². The normalized spacial score (nSPS) is 26.5. The summed E-state index contributed by atoms with van der Waals surface area (Å²) in [7, 11) is 0. The van der Waals surface area contributed by atoms with Crippen LogP contribution in [0.2, 0.25) is 0 Å². The summed E-state index contributed by atoms with van der Waals surface area (Å²) < 4.78 is 0. The van der Waals surface area contributed by atoms with Crippen molar-refractivity contribution >= 4 is 5.78 Å². The Morgan fingerprint density at radius 3 is 3.07 bits per heavy atom. The summed E-state index contributed by atoms with van der Waals surface area (Å²) in [6.07, 6.45) is 9.63. The van der Waals surface area contributed by atoms with Crippen LogP contribution in [0, 0.1) is 0 Å². The average Bonchev–Trinajstić information content (AvgIpc) is 2.19. The van der Waals surface area contributed by atoms with Crippen molar-refractivity contribution in [3.05, 3.63) is 24.8 Å². The number of ketones is 1. The molecule has 2 atom stereocenters. The lowest BCUT2D eigenvalue weighted by Gasteiger charge is -2.24. The topological polar surface area (TPSA) is 29.1 Å². The molecule has 0 unspecified atom stereocenters. The van der Waals surface area contributed by atoms with E-state index in [0.29, 0.717) is 6.04 Å². The van der Waals surface area contributed by atoms with Crippen molar-refractivity contribution in [2.24, 2.45) is 0 Å². The molecule has 0 saturated heterocycles. The van der Waals surface area contributed by atoms with Gasteiger partial charge in [0.05, 0.1) is 6.04 Å². The summed E-state index contributed by atoms with van der Waals surface area (Å²) in [6.45, 7) is 5.85. The zero-order valence-electron chi connectivity index (χ0n) is 8.83. The summed E-state index contributed by atoms with van der Waals surface area (Å²) in [5, 5.41) is 3.33. The van der Waals surface area contributed by atoms with E-state index in [1.807, 2.05) is 12.2 Å². The van der Waals surface area contributed by atoms with Gasteiger partial charge in [0.15, 0.2) is 5.78 Å². The molecule has 1 heterocycles. The van der Waals surface area contributed by atoms with Crippen LogP contribution in [0.5, 0.6) is 0 Å². The van der Waals surface area contributed by atoms with Gasteiger partial charge in [-0.2, -0.15) is 0 Å². The number of carbonyl (C=O) groups excluding carboxylic acids is 1. The Kier molecular flexibility index (Phi) is 4.60. The standard InChI is InChI=1S/C12H19NO/c1-3-5-7-11-12(14)9-8-10(13-11)6-4-2/h4,8-11,13H,2-3,5-7H2,1H3/t10-,11+/m0/s1. The fourth-order valence-corrected chi connectivity index (χ4v) is 1.68. The summed E-state index contributed by atoms with van der Waals surface area (Å²) in [4.78, 5) is 11.5. The van der Waals surface area contributed by atoms with Gasteiger partial charge in [-0.3, -0.25) is 4.79 Å². The maximum absolute atomic E-state index is 11.5. The summed E-state index contributed by atoms with van der Waals surface area (Å²) in [5.41, 5.74) is 0. The number of nitrogens with one attached hydrogen (secondary N) is 1. The molecular formula is C12H19NO. The summed E-state index contributed by atoms with van der Waals surface area (Å²) in [6, 6.07) is 0.331. The van der Waals surface area contributed by atoms with Gasteiger partial charge < -0.3 is 5.32 Å². The first-order chi connectivity index (χ1) is 6.77. The highest BCUT2D eigenvalue weighted by atomic mass is 16.1. The Hall–Kier alpha value is -0.890. The second-order valence-electron chi connectivity index (χ2n) is 3.75. The predicted molar refractivity (Wildman–Crippen MR) is 59.2 cm³/mol. The van der Waals surface area contributed by atoms with Gasteiger partial charge in [-0.05, 0) is 18.9 Å². The third-order valence-electron chi connectivity index (χ3n) is 2.52. The molecule has 0 aromatic carbocycles. The van der Waals surface area contributed by atoms with Gasteiger partial charge >= 0.3 is 0 Å². The first kappa shape index (κ1) is 11.2. The molecule has 2 nitrogen and oxygen atoms in total. The van der Waals surface area contributed by atoms with Crippen LogP contribution in [0.25, 0.3) is 0 Å². The van der Waals surface area contributed by atoms with Gasteiger partial charge in [0, 0.05) is 6.04 Å². The monoisotopic (exact) mass is 193 g/mol. The Morgan fingerprint density at radius 2 is 2.43 bits per heavy atom. The molecule has 0 amide bonds. The van der Waals surface area contributed by atoms with Crippen molar-refractivity contribution in [2.45, 2.75) is 44.7 Å². The van der Waals surface area contributed by atoms with E-state index >= 15 is 0 Å². The molecule has 2 heteroatoms. The third-order valence-corrected chi connectivity index (χ3v) is 2.52. The molecule has 1 aliphatic rings. The van der Waals surface area contributed by atoms with Crippen LogP contribution < -0.4 is 5.32 Å². The Balaban J connectivity index is 2.47. The van der Waals surface area contributed by atoms with Gasteiger partial charge in [-0.25, -0.2) is 0 Å². The van der Waals surface area contributed by atoms with Crippen LogP contribution in [-0.4, -0.2) is 17.9 Å². The number of hydrogen-bond donors (Lipinski definition) is 1. The molecule has 1 aliphatic heterocycles. The number of hydrogen-bond acceptors (Lipinski definition) is 2. The fourth-order valence-electron chi connectivity index (χ4n) is 1.68. The van der Waals surface area contributed by atoms with Crippen molar-refractivity contribution in [1.82, 2.24) is 5.32 Å². The maximum atomic E-state index is 11.5. The first-order valence-corrected chi connectivity index (χ1v) is 5.37. The minimum absolute atomic E-state index is 0.0323. The van der Waals surface area contributed by atoms with Crippen molar-refractivity contribution < 1.29 is 4.79 Å². The first-order valence-electron chi connectivity index (χ1n) is 5.37. The predicted octanol–water partition coefficient (Wildman–Crippen LogP) is 2.22. The Labute approximate surface area is 86.1 Å². The van der Waals surface area contributed by atoms with Crippen LogP contribution >= 0.6 is 0 Å². The van der Waals surface area contributed by atoms with Crippen molar-refractivity contribution in [2.75, 3.05) is 0 Å². The molecule has 14 heavy (non-hydrogen) atoms. The van der Waals surface area contributed by atoms with E-state index in [1.54, 1.807) is 6.08 Å². The molecular weight excluding hydrogens is 174 g/mol. The Bertz CT molecular complexity index is 232. The molecule has 0 fully saturated rings. The number of rotatable bonds is 5. The molecule has 78 valence electrons. The summed E-state index contributed by atoms with van der Waals surface area (Å²) >= 11 is 0. The second-order valence-corrected chi connectivity index (χ2v) is 3.75. The van der Waals surface area contributed by atoms with E-state index in [0.717, 1.165) is 25.7 Å². The van der Waals surface area contributed by atoms with E-state index in [4.69, 9.17) is 0 Å². The molecule has 1 rings (SSSR count). The maximum Gasteiger partial charge on any atom is 0.172 e. The molecule has 0 aromatic rings. The highest BCUT2D eigenvalue weighted by Gasteiger charge is 2.21. The van der Waals surface area contributed by atoms with E-state index in [1.165, 1.54) is 0 Å². The average molecular weight is 193 g/mol. The van der Waals surface area contributed by atoms with Gasteiger partial charge in [-0.1, -0.05) is 31.9 Å². The van der Waals surface area contributed by atoms with Crippen LogP contribution in [0.4, 0.5) is 0 Å². The van der Waals surface area contributed by atoms with Gasteiger partial charge in [0.1, 0.15) is 0 Å². The van der Waals surface area contributed by atoms with Crippen molar-refractivity contribution in [3.8, 4) is 0 Å². The third kappa shape index (κ3) is 3.11. The lowest BCUT2D eigenvalue weighted by molar-refractivity contribution is -0.117. The highest BCUT2D eigenvalue weighted by Crippen LogP contribution is 2.10. The van der Waals surface area contributed by atoms with E-state index < -0.39 is 0 Å². The minimum Gasteiger partial charge on any atom is -0.301 e. The smallest absolute Gasteiger partial charge is 0.172 e. The molecule has 0 aliphatic carbocycles. The fraction of sp³-hybridized carbons (Fsp3) is 0.583. The zero-order valence-corrected chi connectivity index (χ0v) is 8.83. The molecule has 0 spiro atoms. The van der Waals surface area contributed by atoms with Crippen LogP contribution in [-0.2, 0) is 4.79 Å². The van der Waals surface area contributed by atoms with E-state index in [-0.39, 0.29) is 11.8 Å². The second kappa shape index (κ2) is 5.76. The molecule has 0 saturated carbocycles. The molecule has 0 radical (unpaired) electrons. The lowest BCUT2D eigenvalue weighted by Crippen LogP contribution is -2.44.